The molecule has 0 aliphatic heterocycles. The van der Waals surface area contributed by atoms with Crippen molar-refractivity contribution in [3.05, 3.63) is 69.2 Å². The lowest BCUT2D eigenvalue weighted by Crippen LogP contribution is -2.28. The van der Waals surface area contributed by atoms with Crippen LogP contribution in [0.15, 0.2) is 36.4 Å². The van der Waals surface area contributed by atoms with Gasteiger partial charge in [0.25, 0.3) is 5.91 Å². The topological polar surface area (TPSA) is 29.1 Å². The smallest absolute Gasteiger partial charge is 0.257 e. The monoisotopic (exact) mass is 329 g/mol. The number of hydrogen-bond donors (Lipinski definition) is 1. The van der Waals surface area contributed by atoms with Crippen LogP contribution in [0.1, 0.15) is 28.9 Å². The maximum Gasteiger partial charge on any atom is 0.257 e. The minimum Gasteiger partial charge on any atom is -0.345 e. The van der Waals surface area contributed by atoms with Gasteiger partial charge in [0.2, 0.25) is 0 Å². The van der Waals surface area contributed by atoms with Gasteiger partial charge in [-0.25, -0.2) is 8.78 Å². The molecule has 2 aromatic rings. The predicted molar refractivity (Wildman–Crippen MR) is 78.7 cm³/mol. The summed E-state index contributed by atoms with van der Waals surface area (Å²) >= 11 is 11.7. The first kappa shape index (κ1) is 15.7. The summed E-state index contributed by atoms with van der Waals surface area (Å²) in [5.74, 6) is -2.65. The summed E-state index contributed by atoms with van der Waals surface area (Å²) in [6.07, 6.45) is 0. The summed E-state index contributed by atoms with van der Waals surface area (Å²) in [6, 6.07) is 7.63. The number of amides is 1. The van der Waals surface area contributed by atoms with E-state index in [9.17, 15) is 13.6 Å². The standard InChI is InChI=1S/C15H11Cl2F2NO/c1-8(9-5-6-10(16)11(17)7-9)20-15(21)14-12(18)3-2-4-13(14)19/h2-8H,1H3,(H,20,21)/t8-/m0/s1. The van der Waals surface area contributed by atoms with Crippen molar-refractivity contribution >= 4 is 29.1 Å². The van der Waals surface area contributed by atoms with Crippen molar-refractivity contribution in [2.75, 3.05) is 0 Å². The number of nitrogens with one attached hydrogen (secondary N) is 1. The lowest BCUT2D eigenvalue weighted by molar-refractivity contribution is 0.0931. The summed E-state index contributed by atoms with van der Waals surface area (Å²) in [5, 5.41) is 3.25. The summed E-state index contributed by atoms with van der Waals surface area (Å²) < 4.78 is 27.1. The molecule has 2 aromatic carbocycles. The molecule has 0 radical (unpaired) electrons. The zero-order valence-corrected chi connectivity index (χ0v) is 12.5. The molecule has 0 unspecified atom stereocenters. The Kier molecular flexibility index (Phi) is 4.80. The first-order chi connectivity index (χ1) is 9.90. The highest BCUT2D eigenvalue weighted by Crippen LogP contribution is 2.25. The maximum atomic E-state index is 13.5. The van der Waals surface area contributed by atoms with E-state index in [1.54, 1.807) is 25.1 Å². The van der Waals surface area contributed by atoms with E-state index in [1.165, 1.54) is 6.07 Å². The van der Waals surface area contributed by atoms with E-state index in [4.69, 9.17) is 23.2 Å². The van der Waals surface area contributed by atoms with Crippen molar-refractivity contribution in [2.24, 2.45) is 0 Å². The normalized spacial score (nSPS) is 12.0. The van der Waals surface area contributed by atoms with Gasteiger partial charge < -0.3 is 5.32 Å². The number of halogens is 4. The number of hydrogen-bond acceptors (Lipinski definition) is 1. The Balaban J connectivity index is 2.21. The molecule has 0 saturated carbocycles. The van der Waals surface area contributed by atoms with Gasteiger partial charge in [0.15, 0.2) is 0 Å². The molecule has 0 heterocycles. The van der Waals surface area contributed by atoms with Gasteiger partial charge >= 0.3 is 0 Å². The molecule has 0 saturated heterocycles. The third-order valence-electron chi connectivity index (χ3n) is 2.98. The van der Waals surface area contributed by atoms with Crippen LogP contribution < -0.4 is 5.32 Å². The van der Waals surface area contributed by atoms with Gasteiger partial charge in [0.1, 0.15) is 17.2 Å². The Morgan fingerprint density at radius 3 is 2.29 bits per heavy atom. The second-order valence-electron chi connectivity index (χ2n) is 4.47. The molecule has 1 N–H and O–H groups in total. The van der Waals surface area contributed by atoms with E-state index in [0.717, 1.165) is 12.1 Å². The molecule has 1 atom stereocenters. The average Bonchev–Trinajstić information content (AvgIpc) is 2.41. The number of carbonyl (C=O) groups is 1. The second-order valence-corrected chi connectivity index (χ2v) is 5.28. The number of carbonyl (C=O) groups excluding carboxylic acids is 1. The Bertz CT molecular complexity index is 671. The molecule has 0 fully saturated rings. The van der Waals surface area contributed by atoms with E-state index < -0.39 is 29.1 Å². The van der Waals surface area contributed by atoms with Gasteiger partial charge in [-0.2, -0.15) is 0 Å². The second kappa shape index (κ2) is 6.41. The van der Waals surface area contributed by atoms with Crippen LogP contribution in [0.2, 0.25) is 10.0 Å². The van der Waals surface area contributed by atoms with Crippen LogP contribution >= 0.6 is 23.2 Å². The first-order valence-corrected chi connectivity index (χ1v) is 6.85. The van der Waals surface area contributed by atoms with E-state index in [1.807, 2.05) is 0 Å². The number of benzene rings is 2. The van der Waals surface area contributed by atoms with E-state index >= 15 is 0 Å². The fourth-order valence-electron chi connectivity index (χ4n) is 1.85. The van der Waals surface area contributed by atoms with Gasteiger partial charge in [-0.05, 0) is 36.8 Å². The predicted octanol–water partition coefficient (Wildman–Crippen LogP) is 4.76. The maximum absolute atomic E-state index is 13.5. The van der Waals surface area contributed by atoms with Crippen LogP contribution in [-0.2, 0) is 0 Å². The third-order valence-corrected chi connectivity index (χ3v) is 3.72. The van der Waals surface area contributed by atoms with Gasteiger partial charge in [-0.3, -0.25) is 4.79 Å². The molecule has 110 valence electrons. The average molecular weight is 330 g/mol. The molecule has 0 aromatic heterocycles. The van der Waals surface area contributed by atoms with Crippen LogP contribution in [-0.4, -0.2) is 5.91 Å². The summed E-state index contributed by atoms with van der Waals surface area (Å²) in [5.41, 5.74) is 0.0684. The van der Waals surface area contributed by atoms with Crippen molar-refractivity contribution in [2.45, 2.75) is 13.0 Å². The van der Waals surface area contributed by atoms with Crippen molar-refractivity contribution < 1.29 is 13.6 Å². The molecule has 21 heavy (non-hydrogen) atoms. The van der Waals surface area contributed by atoms with E-state index in [0.29, 0.717) is 15.6 Å². The van der Waals surface area contributed by atoms with Crippen LogP contribution in [0, 0.1) is 11.6 Å². The molecule has 0 aliphatic rings. The largest absolute Gasteiger partial charge is 0.345 e. The summed E-state index contributed by atoms with van der Waals surface area (Å²) in [6.45, 7) is 1.68. The zero-order chi connectivity index (χ0) is 15.6. The Hall–Kier alpha value is -1.65. The quantitative estimate of drug-likeness (QED) is 0.863. The fourth-order valence-corrected chi connectivity index (χ4v) is 2.16. The summed E-state index contributed by atoms with van der Waals surface area (Å²) in [7, 11) is 0. The molecule has 6 heteroatoms. The molecular weight excluding hydrogens is 319 g/mol. The Morgan fingerprint density at radius 2 is 1.71 bits per heavy atom. The van der Waals surface area contributed by atoms with Crippen molar-refractivity contribution in [1.82, 2.24) is 5.32 Å². The number of rotatable bonds is 3. The minimum absolute atomic E-state index is 0.340. The van der Waals surface area contributed by atoms with Gasteiger partial charge in [0, 0.05) is 0 Å². The molecule has 2 nitrogen and oxygen atoms in total. The van der Waals surface area contributed by atoms with Gasteiger partial charge in [-0.1, -0.05) is 35.3 Å². The molecule has 0 aliphatic carbocycles. The van der Waals surface area contributed by atoms with Crippen molar-refractivity contribution in [3.63, 3.8) is 0 Å². The molecule has 1 amide bonds. The van der Waals surface area contributed by atoms with E-state index in [2.05, 4.69) is 5.32 Å². The van der Waals surface area contributed by atoms with Gasteiger partial charge in [0.05, 0.1) is 16.1 Å². The Labute approximate surface area is 130 Å². The molecule has 0 bridgehead atoms. The third kappa shape index (κ3) is 3.52. The van der Waals surface area contributed by atoms with Crippen molar-refractivity contribution in [1.29, 1.82) is 0 Å². The zero-order valence-electron chi connectivity index (χ0n) is 11.0. The van der Waals surface area contributed by atoms with E-state index in [-0.39, 0.29) is 0 Å². The van der Waals surface area contributed by atoms with Crippen LogP contribution in [0.5, 0.6) is 0 Å². The molecule has 2 rings (SSSR count). The molecular formula is C15H11Cl2F2NO. The SMILES string of the molecule is C[C@H](NC(=O)c1c(F)cccc1F)c1ccc(Cl)c(Cl)c1. The minimum atomic E-state index is -0.908. The van der Waals surface area contributed by atoms with Crippen molar-refractivity contribution in [3.8, 4) is 0 Å². The van der Waals surface area contributed by atoms with Crippen LogP contribution in [0.4, 0.5) is 8.78 Å². The Morgan fingerprint density at radius 1 is 1.10 bits per heavy atom. The fraction of sp³-hybridized carbons (Fsp3) is 0.133. The highest BCUT2D eigenvalue weighted by atomic mass is 35.5. The lowest BCUT2D eigenvalue weighted by atomic mass is 10.1. The van der Waals surface area contributed by atoms with Crippen LogP contribution in [0.3, 0.4) is 0 Å². The van der Waals surface area contributed by atoms with Gasteiger partial charge in [-0.15, -0.1) is 0 Å². The molecule has 0 spiro atoms. The highest BCUT2D eigenvalue weighted by molar-refractivity contribution is 6.42. The highest BCUT2D eigenvalue weighted by Gasteiger charge is 2.19. The first-order valence-electron chi connectivity index (χ1n) is 6.10. The summed E-state index contributed by atoms with van der Waals surface area (Å²) in [4.78, 5) is 12.0. The van der Waals surface area contributed by atoms with Crippen LogP contribution in [0.25, 0.3) is 0 Å². The lowest BCUT2D eigenvalue weighted by Gasteiger charge is -2.15.